The van der Waals surface area contributed by atoms with Crippen LogP contribution >= 0.6 is 11.3 Å². The van der Waals surface area contributed by atoms with Crippen molar-refractivity contribution >= 4 is 16.5 Å². The Bertz CT molecular complexity index is 789. The van der Waals surface area contributed by atoms with Gasteiger partial charge in [0.05, 0.1) is 11.8 Å². The van der Waals surface area contributed by atoms with E-state index in [-0.39, 0.29) is 6.10 Å². The quantitative estimate of drug-likeness (QED) is 0.861. The van der Waals surface area contributed by atoms with E-state index in [1.54, 1.807) is 11.3 Å². The summed E-state index contributed by atoms with van der Waals surface area (Å²) in [6.07, 6.45) is 1.89. The molecule has 5 nitrogen and oxygen atoms in total. The average molecular weight is 399 g/mol. The van der Waals surface area contributed by atoms with Crippen LogP contribution in [0.25, 0.3) is 11.3 Å². The second-order valence-electron chi connectivity index (χ2n) is 8.75. The van der Waals surface area contributed by atoms with E-state index in [1.165, 1.54) is 5.56 Å². The van der Waals surface area contributed by atoms with Crippen LogP contribution in [-0.2, 0) is 0 Å². The van der Waals surface area contributed by atoms with Crippen molar-refractivity contribution in [3.05, 3.63) is 35.7 Å². The first-order valence-electron chi connectivity index (χ1n) is 10.5. The fraction of sp³-hybridized carbons (Fsp3) is 0.591. The third kappa shape index (κ3) is 3.59. The Morgan fingerprint density at radius 1 is 1.00 bits per heavy atom. The lowest BCUT2D eigenvalue weighted by molar-refractivity contribution is -0.0249. The van der Waals surface area contributed by atoms with Crippen LogP contribution < -0.4 is 4.90 Å². The minimum Gasteiger partial charge on any atom is -0.391 e. The van der Waals surface area contributed by atoms with Gasteiger partial charge in [0.1, 0.15) is 0 Å². The predicted molar refractivity (Wildman–Crippen MR) is 115 cm³/mol. The van der Waals surface area contributed by atoms with Gasteiger partial charge in [-0.05, 0) is 31.7 Å². The van der Waals surface area contributed by atoms with Crippen LogP contribution in [0.1, 0.15) is 12.8 Å². The number of fused-ring (bicyclic) bond motifs is 1. The van der Waals surface area contributed by atoms with Crippen LogP contribution in [0.2, 0.25) is 0 Å². The van der Waals surface area contributed by atoms with Crippen molar-refractivity contribution in [1.82, 2.24) is 14.8 Å². The lowest BCUT2D eigenvalue weighted by atomic mass is 9.77. The Hall–Kier alpha value is -1.47. The number of nitrogens with zero attached hydrogens (tertiary/aromatic N) is 4. The first-order valence-corrected chi connectivity index (χ1v) is 11.4. The summed E-state index contributed by atoms with van der Waals surface area (Å²) in [5.74, 6) is 1.28. The zero-order valence-corrected chi connectivity index (χ0v) is 17.4. The summed E-state index contributed by atoms with van der Waals surface area (Å²) >= 11 is 1.75. The fourth-order valence-corrected chi connectivity index (χ4v) is 6.12. The van der Waals surface area contributed by atoms with Crippen LogP contribution in [0.15, 0.2) is 35.7 Å². The van der Waals surface area contributed by atoms with Crippen LogP contribution in [-0.4, -0.2) is 78.4 Å². The topological polar surface area (TPSA) is 42.8 Å². The van der Waals surface area contributed by atoms with Gasteiger partial charge in [0.2, 0.25) is 0 Å². The Balaban J connectivity index is 1.26. The minimum atomic E-state index is -0.180. The van der Waals surface area contributed by atoms with Crippen molar-refractivity contribution in [2.75, 3.05) is 51.2 Å². The molecule has 1 aromatic carbocycles. The highest BCUT2D eigenvalue weighted by Gasteiger charge is 2.44. The molecule has 1 N–H and O–H groups in total. The number of hydrogen-bond donors (Lipinski definition) is 1. The molecule has 2 saturated heterocycles. The minimum absolute atomic E-state index is 0.180. The molecule has 0 amide bonds. The molecule has 5 rings (SSSR count). The summed E-state index contributed by atoms with van der Waals surface area (Å²) in [7, 11) is 2.19. The Morgan fingerprint density at radius 2 is 1.71 bits per heavy atom. The van der Waals surface area contributed by atoms with Gasteiger partial charge in [-0.2, -0.15) is 0 Å². The Morgan fingerprint density at radius 3 is 2.46 bits per heavy atom. The van der Waals surface area contributed by atoms with Crippen molar-refractivity contribution in [2.45, 2.75) is 25.0 Å². The Labute approximate surface area is 171 Å². The summed E-state index contributed by atoms with van der Waals surface area (Å²) in [5, 5.41) is 14.2. The zero-order chi connectivity index (χ0) is 19.1. The number of benzene rings is 1. The number of piperazine rings is 1. The summed E-state index contributed by atoms with van der Waals surface area (Å²) in [5.41, 5.74) is 2.26. The van der Waals surface area contributed by atoms with Crippen molar-refractivity contribution in [3.63, 3.8) is 0 Å². The molecule has 1 aromatic heterocycles. The second kappa shape index (κ2) is 7.75. The monoisotopic (exact) mass is 398 g/mol. The number of aliphatic hydroxyl groups excluding tert-OH is 1. The maximum Gasteiger partial charge on any atom is 0.185 e. The van der Waals surface area contributed by atoms with Crippen LogP contribution in [0.4, 0.5) is 5.13 Å². The molecule has 2 aromatic rings. The molecule has 0 unspecified atom stereocenters. The molecule has 0 radical (unpaired) electrons. The molecule has 1 aliphatic carbocycles. The van der Waals surface area contributed by atoms with E-state index < -0.39 is 0 Å². The predicted octanol–water partition coefficient (Wildman–Crippen LogP) is 2.63. The van der Waals surface area contributed by atoms with E-state index in [2.05, 4.69) is 51.4 Å². The molecule has 28 heavy (non-hydrogen) atoms. The maximum absolute atomic E-state index is 10.9. The lowest BCUT2D eigenvalue weighted by Crippen LogP contribution is -2.55. The van der Waals surface area contributed by atoms with Gasteiger partial charge < -0.3 is 14.9 Å². The Kier molecular flexibility index (Phi) is 5.13. The van der Waals surface area contributed by atoms with Gasteiger partial charge in [-0.3, -0.25) is 4.90 Å². The van der Waals surface area contributed by atoms with Crippen LogP contribution in [0, 0.1) is 11.8 Å². The van der Waals surface area contributed by atoms with Gasteiger partial charge >= 0.3 is 0 Å². The number of likely N-dealkylation sites (N-methyl/N-ethyl adjacent to an activating group) is 1. The first kappa shape index (κ1) is 18.6. The van der Waals surface area contributed by atoms with E-state index in [4.69, 9.17) is 4.98 Å². The van der Waals surface area contributed by atoms with Gasteiger partial charge in [-0.25, -0.2) is 4.98 Å². The molecule has 2 aliphatic heterocycles. The molecule has 1 saturated carbocycles. The zero-order valence-electron chi connectivity index (χ0n) is 16.6. The van der Waals surface area contributed by atoms with E-state index in [1.807, 2.05) is 6.07 Å². The molecule has 4 atom stereocenters. The molecule has 6 heteroatoms. The van der Waals surface area contributed by atoms with Gasteiger partial charge in [-0.1, -0.05) is 30.3 Å². The highest BCUT2D eigenvalue weighted by molar-refractivity contribution is 7.14. The van der Waals surface area contributed by atoms with Crippen molar-refractivity contribution in [1.29, 1.82) is 0 Å². The summed E-state index contributed by atoms with van der Waals surface area (Å²) < 4.78 is 0. The lowest BCUT2D eigenvalue weighted by Gasteiger charge is -2.44. The van der Waals surface area contributed by atoms with Gasteiger partial charge in [0, 0.05) is 56.3 Å². The molecular weight excluding hydrogens is 368 g/mol. The van der Waals surface area contributed by atoms with E-state index in [0.717, 1.165) is 62.9 Å². The number of hydrogen-bond acceptors (Lipinski definition) is 6. The van der Waals surface area contributed by atoms with Gasteiger partial charge in [0.15, 0.2) is 5.13 Å². The highest BCUT2D eigenvalue weighted by atomic mass is 32.1. The number of thiazole rings is 1. The van der Waals surface area contributed by atoms with Crippen LogP contribution in [0.3, 0.4) is 0 Å². The number of aliphatic hydroxyl groups is 1. The average Bonchev–Trinajstić information content (AvgIpc) is 3.35. The molecule has 3 heterocycles. The molecule has 150 valence electrons. The SMILES string of the molecule is CN1CCN([C@@H]2C[C@@H]3CN(c4nc(-c5ccccc5)cs4)C[C@@H]3C[C@H]2O)CC1. The van der Waals surface area contributed by atoms with Crippen molar-refractivity contribution in [3.8, 4) is 11.3 Å². The molecular formula is C22H30N4OS. The van der Waals surface area contributed by atoms with E-state index >= 15 is 0 Å². The number of anilines is 1. The number of rotatable bonds is 3. The smallest absolute Gasteiger partial charge is 0.185 e. The molecule has 3 aliphatic rings. The molecule has 3 fully saturated rings. The fourth-order valence-electron chi connectivity index (χ4n) is 5.26. The maximum atomic E-state index is 10.9. The third-order valence-corrected chi connectivity index (χ3v) is 7.85. The normalized spacial score (nSPS) is 31.9. The van der Waals surface area contributed by atoms with Gasteiger partial charge in [-0.15, -0.1) is 11.3 Å². The first-order chi connectivity index (χ1) is 13.7. The van der Waals surface area contributed by atoms with Gasteiger partial charge in [0.25, 0.3) is 0 Å². The summed E-state index contributed by atoms with van der Waals surface area (Å²) in [4.78, 5) is 12.3. The third-order valence-electron chi connectivity index (χ3n) is 6.95. The molecule has 0 bridgehead atoms. The molecule has 0 spiro atoms. The van der Waals surface area contributed by atoms with Crippen molar-refractivity contribution < 1.29 is 5.11 Å². The van der Waals surface area contributed by atoms with Crippen molar-refractivity contribution in [2.24, 2.45) is 11.8 Å². The standard InChI is InChI=1S/C22H30N4OS/c1-24-7-9-25(10-8-24)20-11-17-13-26(14-18(17)12-21(20)27)22-23-19(15-28-22)16-5-3-2-4-6-16/h2-6,15,17-18,20-21,27H,7-14H2,1H3/t17-,18+,20-,21-/m1/s1. The van der Waals surface area contributed by atoms with Crippen LogP contribution in [0.5, 0.6) is 0 Å². The number of aromatic nitrogens is 1. The second-order valence-corrected chi connectivity index (χ2v) is 9.59. The largest absolute Gasteiger partial charge is 0.391 e. The highest BCUT2D eigenvalue weighted by Crippen LogP contribution is 2.41. The van der Waals surface area contributed by atoms with E-state index in [9.17, 15) is 5.11 Å². The summed E-state index contributed by atoms with van der Waals surface area (Å²) in [6.45, 7) is 6.54. The van der Waals surface area contributed by atoms with E-state index in [0.29, 0.717) is 17.9 Å². The summed E-state index contributed by atoms with van der Waals surface area (Å²) in [6, 6.07) is 10.8.